The van der Waals surface area contributed by atoms with Gasteiger partial charge < -0.3 is 9.84 Å². The highest BCUT2D eigenvalue weighted by molar-refractivity contribution is 6.32. The summed E-state index contributed by atoms with van der Waals surface area (Å²) in [6.45, 7) is 7.12. The van der Waals surface area contributed by atoms with E-state index in [1.54, 1.807) is 19.1 Å². The average molecular weight is 510 g/mol. The molecule has 0 aromatic heterocycles. The second kappa shape index (κ2) is 8.17. The fourth-order valence-corrected chi connectivity index (χ4v) is 6.54. The molecule has 2 amide bonds. The Balaban J connectivity index is 1.72. The highest BCUT2D eigenvalue weighted by atomic mass is 35.5. The number of Topliss-reactive ketones (excluding diaryl/α,β-unsaturated/α-hetero) is 1. The minimum Gasteiger partial charge on any atom is -0.503 e. The topological polar surface area (TPSA) is 101 Å². The number of carbonyl (C=O) groups is 4. The lowest BCUT2D eigenvalue weighted by molar-refractivity contribution is -0.145. The first-order valence-electron chi connectivity index (χ1n) is 12.0. The molecule has 1 N–H and O–H groups in total. The Morgan fingerprint density at radius 2 is 1.78 bits per heavy atom. The minimum atomic E-state index is -0.668. The van der Waals surface area contributed by atoms with Crippen LogP contribution in [0.1, 0.15) is 52.0 Å². The Morgan fingerprint density at radius 1 is 1.08 bits per heavy atom. The molecule has 1 heterocycles. The van der Waals surface area contributed by atoms with Crippen LogP contribution in [0.25, 0.3) is 0 Å². The molecule has 4 atom stereocenters. The summed E-state index contributed by atoms with van der Waals surface area (Å²) in [5, 5.41) is 10.4. The number of phenols is 1. The molecular formula is C28H28ClNO6. The highest BCUT2D eigenvalue weighted by Gasteiger charge is 2.58. The number of benzene rings is 1. The Labute approximate surface area is 214 Å². The smallest absolute Gasteiger partial charge is 0.234 e. The Morgan fingerprint density at radius 3 is 2.42 bits per heavy atom. The van der Waals surface area contributed by atoms with Gasteiger partial charge in [0.1, 0.15) is 0 Å². The van der Waals surface area contributed by atoms with Crippen molar-refractivity contribution in [2.45, 2.75) is 52.0 Å². The van der Waals surface area contributed by atoms with E-state index in [2.05, 4.69) is 0 Å². The third kappa shape index (κ3) is 3.39. The van der Waals surface area contributed by atoms with Crippen LogP contribution in [0.2, 0.25) is 5.02 Å². The van der Waals surface area contributed by atoms with E-state index in [1.165, 1.54) is 18.1 Å². The van der Waals surface area contributed by atoms with Gasteiger partial charge in [0, 0.05) is 28.2 Å². The number of likely N-dealkylation sites (tertiary alicyclic amines) is 1. The number of imide groups is 1. The van der Waals surface area contributed by atoms with Gasteiger partial charge >= 0.3 is 0 Å². The van der Waals surface area contributed by atoms with E-state index in [4.69, 9.17) is 16.3 Å². The number of ketones is 2. The third-order valence-electron chi connectivity index (χ3n) is 7.84. The van der Waals surface area contributed by atoms with Crippen molar-refractivity contribution in [3.05, 3.63) is 57.2 Å². The van der Waals surface area contributed by atoms with Crippen LogP contribution in [0, 0.1) is 17.8 Å². The van der Waals surface area contributed by atoms with Gasteiger partial charge in [-0.3, -0.25) is 24.1 Å². The summed E-state index contributed by atoms with van der Waals surface area (Å²) < 4.78 is 5.31. The molecule has 1 aromatic rings. The predicted octanol–water partition coefficient (Wildman–Crippen LogP) is 4.28. The lowest BCUT2D eigenvalue weighted by atomic mass is 9.59. The monoisotopic (exact) mass is 509 g/mol. The summed E-state index contributed by atoms with van der Waals surface area (Å²) in [5.74, 6) is -3.18. The van der Waals surface area contributed by atoms with Crippen LogP contribution in [0.15, 0.2) is 46.6 Å². The molecule has 4 aliphatic rings. The second-order valence-corrected chi connectivity index (χ2v) is 11.4. The molecule has 1 fully saturated rings. The fraction of sp³-hybridized carbons (Fsp3) is 0.429. The molecule has 1 aliphatic heterocycles. The molecule has 1 saturated heterocycles. The van der Waals surface area contributed by atoms with E-state index in [1.807, 2.05) is 26.8 Å². The number of hydrogen-bond acceptors (Lipinski definition) is 6. The van der Waals surface area contributed by atoms with Crippen LogP contribution in [0.5, 0.6) is 11.5 Å². The standard InChI is InChI=1S/C28H28ClNO6/c1-12-8-19(31)17-11-16-14(6-7-15-22(16)27(35)30(26(15)34)28(2,3)4)21(23(17)24(12)32)13-9-18(29)25(33)20(10-13)36-5/h6,8-10,15-16,21-22,33H,7,11H2,1-5H3. The molecule has 36 heavy (non-hydrogen) atoms. The van der Waals surface area contributed by atoms with Crippen molar-refractivity contribution >= 4 is 35.0 Å². The summed E-state index contributed by atoms with van der Waals surface area (Å²) in [6.07, 6.45) is 3.89. The van der Waals surface area contributed by atoms with E-state index in [9.17, 15) is 24.3 Å². The lowest BCUT2D eigenvalue weighted by Crippen LogP contribution is -2.46. The number of hydrogen-bond donors (Lipinski definition) is 1. The van der Waals surface area contributed by atoms with E-state index < -0.39 is 29.2 Å². The largest absolute Gasteiger partial charge is 0.503 e. The third-order valence-corrected chi connectivity index (χ3v) is 8.13. The van der Waals surface area contributed by atoms with E-state index >= 15 is 0 Å². The van der Waals surface area contributed by atoms with E-state index in [-0.39, 0.29) is 46.3 Å². The van der Waals surface area contributed by atoms with Crippen molar-refractivity contribution in [3.63, 3.8) is 0 Å². The van der Waals surface area contributed by atoms with Crippen molar-refractivity contribution in [1.29, 1.82) is 0 Å². The molecule has 188 valence electrons. The zero-order valence-corrected chi connectivity index (χ0v) is 21.6. The molecule has 0 spiro atoms. The van der Waals surface area contributed by atoms with Crippen LogP contribution in [0.4, 0.5) is 0 Å². The van der Waals surface area contributed by atoms with Crippen molar-refractivity contribution in [3.8, 4) is 11.5 Å². The molecule has 0 bridgehead atoms. The number of amides is 2. The van der Waals surface area contributed by atoms with Crippen LogP contribution >= 0.6 is 11.6 Å². The molecule has 3 aliphatic carbocycles. The van der Waals surface area contributed by atoms with Crippen molar-refractivity contribution in [2.75, 3.05) is 7.11 Å². The first-order chi connectivity index (χ1) is 16.9. The molecule has 0 saturated carbocycles. The van der Waals surface area contributed by atoms with Crippen molar-refractivity contribution < 1.29 is 29.0 Å². The zero-order valence-electron chi connectivity index (χ0n) is 20.8. The van der Waals surface area contributed by atoms with Crippen molar-refractivity contribution in [1.82, 2.24) is 4.90 Å². The van der Waals surface area contributed by atoms with Crippen LogP contribution in [-0.2, 0) is 19.2 Å². The van der Waals surface area contributed by atoms with E-state index in [0.717, 1.165) is 5.57 Å². The quantitative estimate of drug-likeness (QED) is 0.363. The number of rotatable bonds is 2. The van der Waals surface area contributed by atoms with Crippen LogP contribution in [-0.4, -0.2) is 46.0 Å². The molecular weight excluding hydrogens is 482 g/mol. The van der Waals surface area contributed by atoms with Gasteiger partial charge in [-0.2, -0.15) is 0 Å². The molecule has 7 nitrogen and oxygen atoms in total. The van der Waals surface area contributed by atoms with Gasteiger partial charge in [0.05, 0.1) is 24.0 Å². The summed E-state index contributed by atoms with van der Waals surface area (Å²) in [6, 6.07) is 3.18. The number of allylic oxidation sites excluding steroid dienone is 6. The fourth-order valence-electron chi connectivity index (χ4n) is 6.32. The number of ether oxygens (including phenoxy) is 1. The highest BCUT2D eigenvalue weighted by Crippen LogP contribution is 2.56. The summed E-state index contributed by atoms with van der Waals surface area (Å²) >= 11 is 6.33. The van der Waals surface area contributed by atoms with Gasteiger partial charge in [-0.05, 0) is 70.2 Å². The number of carbonyl (C=O) groups excluding carboxylic acids is 4. The van der Waals surface area contributed by atoms with Crippen molar-refractivity contribution in [2.24, 2.45) is 17.8 Å². The lowest BCUT2D eigenvalue weighted by Gasteiger charge is -2.42. The zero-order chi connectivity index (χ0) is 26.3. The van der Waals surface area contributed by atoms with Crippen LogP contribution in [0.3, 0.4) is 0 Å². The minimum absolute atomic E-state index is 0.0517. The van der Waals surface area contributed by atoms with Gasteiger partial charge in [-0.15, -0.1) is 0 Å². The maximum Gasteiger partial charge on any atom is 0.234 e. The van der Waals surface area contributed by atoms with E-state index in [0.29, 0.717) is 28.7 Å². The number of fused-ring (bicyclic) bond motifs is 3. The van der Waals surface area contributed by atoms with Gasteiger partial charge in [-0.25, -0.2) is 0 Å². The van der Waals surface area contributed by atoms with Gasteiger partial charge in [0.15, 0.2) is 23.1 Å². The number of phenolic OH excluding ortho intramolecular Hbond substituents is 1. The molecule has 0 radical (unpaired) electrons. The first kappa shape index (κ1) is 24.5. The summed E-state index contributed by atoms with van der Waals surface area (Å²) in [4.78, 5) is 55.0. The van der Waals surface area contributed by atoms with Crippen LogP contribution < -0.4 is 4.74 Å². The summed E-state index contributed by atoms with van der Waals surface area (Å²) in [7, 11) is 1.40. The summed E-state index contributed by atoms with van der Waals surface area (Å²) in [5.41, 5.74) is 1.83. The predicted molar refractivity (Wildman–Crippen MR) is 133 cm³/mol. The second-order valence-electron chi connectivity index (χ2n) is 11.0. The Bertz CT molecular complexity index is 1340. The number of nitrogens with zero attached hydrogens (tertiary/aromatic N) is 1. The van der Waals surface area contributed by atoms with Gasteiger partial charge in [0.25, 0.3) is 0 Å². The molecule has 5 rings (SSSR count). The average Bonchev–Trinajstić information content (AvgIpc) is 3.08. The number of methoxy groups -OCH3 is 1. The molecule has 1 aromatic carbocycles. The normalized spacial score (nSPS) is 28.0. The maximum absolute atomic E-state index is 13.7. The number of aromatic hydroxyl groups is 1. The Hall–Kier alpha value is -3.19. The number of halogens is 1. The van der Waals surface area contributed by atoms with Gasteiger partial charge in [-0.1, -0.05) is 23.3 Å². The van der Waals surface area contributed by atoms with Gasteiger partial charge in [0.2, 0.25) is 11.8 Å². The first-order valence-corrected chi connectivity index (χ1v) is 12.4. The Kier molecular flexibility index (Phi) is 5.56. The molecule has 8 heteroatoms. The maximum atomic E-state index is 13.7. The SMILES string of the molecule is COc1cc(C2C3=CCC4C(=O)N(C(C)(C)C)C(=O)C4C3CC3=C2C(=O)C(C)=CC3=O)cc(Cl)c1O. The molecule has 4 unspecified atom stereocenters.